The monoisotopic (exact) mass is 333 g/mol. The van der Waals surface area contributed by atoms with Crippen molar-refractivity contribution in [3.63, 3.8) is 0 Å². The van der Waals surface area contributed by atoms with Crippen LogP contribution in [0.3, 0.4) is 0 Å². The highest BCUT2D eigenvalue weighted by Crippen LogP contribution is 2.22. The fourth-order valence-electron chi connectivity index (χ4n) is 1.86. The number of hydrogen-bond acceptors (Lipinski definition) is 3. The van der Waals surface area contributed by atoms with Gasteiger partial charge in [-0.05, 0) is 36.8 Å². The number of halogens is 1. The molecule has 0 aliphatic rings. The molecule has 1 atom stereocenters. The maximum Gasteiger partial charge on any atom is 0.333 e. The van der Waals surface area contributed by atoms with E-state index >= 15 is 0 Å². The number of esters is 1. The molecule has 0 spiro atoms. The lowest BCUT2D eigenvalue weighted by molar-refractivity contribution is -0.144. The first kappa shape index (κ1) is 14.6. The van der Waals surface area contributed by atoms with Gasteiger partial charge in [0.1, 0.15) is 0 Å². The molecule has 3 nitrogen and oxygen atoms in total. The van der Waals surface area contributed by atoms with Gasteiger partial charge in [0.05, 0.1) is 6.61 Å². The molecule has 0 amide bonds. The lowest BCUT2D eigenvalue weighted by Gasteiger charge is -2.18. The van der Waals surface area contributed by atoms with E-state index in [0.29, 0.717) is 6.61 Å². The minimum Gasteiger partial charge on any atom is -0.464 e. The second kappa shape index (κ2) is 7.10. The molecule has 0 aliphatic carbocycles. The summed E-state index contributed by atoms with van der Waals surface area (Å²) in [5.41, 5.74) is 1.75. The fourth-order valence-corrected chi connectivity index (χ4v) is 2.13. The van der Waals surface area contributed by atoms with Crippen LogP contribution in [0.4, 0.5) is 5.69 Å². The number of anilines is 1. The molecular formula is C16H16BrNO2. The van der Waals surface area contributed by atoms with Crippen molar-refractivity contribution in [1.82, 2.24) is 0 Å². The molecule has 0 saturated heterocycles. The van der Waals surface area contributed by atoms with Crippen LogP contribution in [0.5, 0.6) is 0 Å². The van der Waals surface area contributed by atoms with Gasteiger partial charge >= 0.3 is 5.97 Å². The highest BCUT2D eigenvalue weighted by atomic mass is 79.9. The number of ether oxygens (including phenoxy) is 1. The van der Waals surface area contributed by atoms with Crippen molar-refractivity contribution < 1.29 is 9.53 Å². The van der Waals surface area contributed by atoms with E-state index in [1.165, 1.54) is 0 Å². The number of hydrogen-bond donors (Lipinski definition) is 1. The van der Waals surface area contributed by atoms with Crippen molar-refractivity contribution in [2.24, 2.45) is 0 Å². The summed E-state index contributed by atoms with van der Waals surface area (Å²) in [5, 5.41) is 3.21. The quantitative estimate of drug-likeness (QED) is 0.834. The SMILES string of the molecule is CCOC(=O)[C@H](Nc1ccc(Br)cc1)c1ccccc1. The Kier molecular flexibility index (Phi) is 5.18. The summed E-state index contributed by atoms with van der Waals surface area (Å²) < 4.78 is 6.14. The van der Waals surface area contributed by atoms with Crippen molar-refractivity contribution in [1.29, 1.82) is 0 Å². The van der Waals surface area contributed by atoms with Crippen molar-refractivity contribution >= 4 is 27.6 Å². The van der Waals surface area contributed by atoms with Crippen molar-refractivity contribution in [3.8, 4) is 0 Å². The van der Waals surface area contributed by atoms with Crippen molar-refractivity contribution in [3.05, 3.63) is 64.6 Å². The predicted octanol–water partition coefficient (Wildman–Crippen LogP) is 4.17. The van der Waals surface area contributed by atoms with Gasteiger partial charge in [-0.2, -0.15) is 0 Å². The first-order valence-corrected chi connectivity index (χ1v) is 7.23. The van der Waals surface area contributed by atoms with Gasteiger partial charge in [-0.3, -0.25) is 0 Å². The second-order valence-corrected chi connectivity index (χ2v) is 5.16. The van der Waals surface area contributed by atoms with E-state index < -0.39 is 6.04 Å². The minimum absolute atomic E-state index is 0.276. The average Bonchev–Trinajstić information content (AvgIpc) is 2.48. The lowest BCUT2D eigenvalue weighted by Crippen LogP contribution is -2.23. The van der Waals surface area contributed by atoms with E-state index in [9.17, 15) is 4.79 Å². The molecular weight excluding hydrogens is 318 g/mol. The Morgan fingerprint density at radius 3 is 2.40 bits per heavy atom. The van der Waals surface area contributed by atoms with Crippen molar-refractivity contribution in [2.75, 3.05) is 11.9 Å². The number of nitrogens with one attached hydrogen (secondary N) is 1. The maximum absolute atomic E-state index is 12.1. The van der Waals surface area contributed by atoms with Crippen LogP contribution in [0.25, 0.3) is 0 Å². The molecule has 0 radical (unpaired) electrons. The maximum atomic E-state index is 12.1. The highest BCUT2D eigenvalue weighted by molar-refractivity contribution is 9.10. The Morgan fingerprint density at radius 1 is 1.15 bits per heavy atom. The molecule has 0 aliphatic heterocycles. The zero-order chi connectivity index (χ0) is 14.4. The number of carbonyl (C=O) groups excluding carboxylic acids is 1. The largest absolute Gasteiger partial charge is 0.464 e. The molecule has 2 rings (SSSR count). The topological polar surface area (TPSA) is 38.3 Å². The number of rotatable bonds is 5. The van der Waals surface area contributed by atoms with Crippen molar-refractivity contribution in [2.45, 2.75) is 13.0 Å². The Hall–Kier alpha value is -1.81. The van der Waals surface area contributed by atoms with Crippen LogP contribution in [-0.4, -0.2) is 12.6 Å². The van der Waals surface area contributed by atoms with Gasteiger partial charge < -0.3 is 10.1 Å². The molecule has 1 N–H and O–H groups in total. The van der Waals surface area contributed by atoms with E-state index in [4.69, 9.17) is 4.74 Å². The summed E-state index contributed by atoms with van der Waals surface area (Å²) in [4.78, 5) is 12.1. The summed E-state index contributed by atoms with van der Waals surface area (Å²) in [6.07, 6.45) is 0. The summed E-state index contributed by atoms with van der Waals surface area (Å²) in [7, 11) is 0. The van der Waals surface area contributed by atoms with Crippen LogP contribution in [0.1, 0.15) is 18.5 Å². The van der Waals surface area contributed by atoms with Crippen LogP contribution in [-0.2, 0) is 9.53 Å². The highest BCUT2D eigenvalue weighted by Gasteiger charge is 2.21. The van der Waals surface area contributed by atoms with Crippen LogP contribution in [0.15, 0.2) is 59.1 Å². The third-order valence-corrected chi connectivity index (χ3v) is 3.34. The Bertz CT molecular complexity index is 554. The third kappa shape index (κ3) is 3.84. The van der Waals surface area contributed by atoms with Gasteiger partial charge in [-0.1, -0.05) is 46.3 Å². The van der Waals surface area contributed by atoms with Gasteiger partial charge in [0.2, 0.25) is 0 Å². The Balaban J connectivity index is 2.23. The van der Waals surface area contributed by atoms with E-state index in [1.54, 1.807) is 6.92 Å². The summed E-state index contributed by atoms with van der Waals surface area (Å²) in [6.45, 7) is 2.17. The third-order valence-electron chi connectivity index (χ3n) is 2.81. The minimum atomic E-state index is -0.502. The van der Waals surface area contributed by atoms with E-state index in [2.05, 4.69) is 21.2 Å². The molecule has 0 unspecified atom stereocenters. The van der Waals surface area contributed by atoms with Gasteiger partial charge in [0.25, 0.3) is 0 Å². The molecule has 2 aromatic rings. The van der Waals surface area contributed by atoms with Crippen LogP contribution >= 0.6 is 15.9 Å². The zero-order valence-corrected chi connectivity index (χ0v) is 12.8. The van der Waals surface area contributed by atoms with Gasteiger partial charge in [-0.25, -0.2) is 4.79 Å². The first-order chi connectivity index (χ1) is 9.70. The molecule has 0 aromatic heterocycles. The number of carbonyl (C=O) groups is 1. The summed E-state index contributed by atoms with van der Waals surface area (Å²) in [5.74, 6) is -0.276. The zero-order valence-electron chi connectivity index (χ0n) is 11.2. The van der Waals surface area contributed by atoms with E-state index in [0.717, 1.165) is 15.7 Å². The van der Waals surface area contributed by atoms with Crippen LogP contribution in [0, 0.1) is 0 Å². The molecule has 20 heavy (non-hydrogen) atoms. The molecule has 104 valence electrons. The molecule has 2 aromatic carbocycles. The smallest absolute Gasteiger partial charge is 0.333 e. The predicted molar refractivity (Wildman–Crippen MR) is 83.6 cm³/mol. The van der Waals surface area contributed by atoms with Gasteiger partial charge in [0.15, 0.2) is 6.04 Å². The molecule has 4 heteroatoms. The molecule has 0 bridgehead atoms. The standard InChI is InChI=1S/C16H16BrNO2/c1-2-20-16(19)15(12-6-4-3-5-7-12)18-14-10-8-13(17)9-11-14/h3-11,15,18H,2H2,1H3/t15-/m1/s1. The van der Waals surface area contributed by atoms with Gasteiger partial charge in [-0.15, -0.1) is 0 Å². The van der Waals surface area contributed by atoms with E-state index in [-0.39, 0.29) is 5.97 Å². The first-order valence-electron chi connectivity index (χ1n) is 6.44. The molecule has 0 saturated carbocycles. The normalized spacial score (nSPS) is 11.7. The average molecular weight is 334 g/mol. The fraction of sp³-hybridized carbons (Fsp3) is 0.188. The van der Waals surface area contributed by atoms with Gasteiger partial charge in [0, 0.05) is 10.2 Å². The molecule has 0 heterocycles. The second-order valence-electron chi connectivity index (χ2n) is 4.25. The summed E-state index contributed by atoms with van der Waals surface area (Å²) >= 11 is 3.39. The Morgan fingerprint density at radius 2 is 1.80 bits per heavy atom. The lowest BCUT2D eigenvalue weighted by atomic mass is 10.1. The van der Waals surface area contributed by atoms with Crippen LogP contribution in [0.2, 0.25) is 0 Å². The molecule has 0 fully saturated rings. The Labute approximate surface area is 127 Å². The van der Waals surface area contributed by atoms with E-state index in [1.807, 2.05) is 54.6 Å². The number of benzene rings is 2. The summed E-state index contributed by atoms with van der Waals surface area (Å²) in [6, 6.07) is 16.7. The van der Waals surface area contributed by atoms with Crippen LogP contribution < -0.4 is 5.32 Å².